The molecule has 1 unspecified atom stereocenters. The summed E-state index contributed by atoms with van der Waals surface area (Å²) in [6.07, 6.45) is 7.37. The lowest BCUT2D eigenvalue weighted by molar-refractivity contribution is 0.0976. The number of carbonyl (C=O) groups excluding carboxylic acids is 1. The predicted molar refractivity (Wildman–Crippen MR) is 157 cm³/mol. The van der Waals surface area contributed by atoms with Crippen LogP contribution in [-0.4, -0.2) is 84.4 Å². The Labute approximate surface area is 235 Å². The standard InChI is InChI=1S/C29H43N3O5S2/c1-5-6-12-25(31-19-21-32(22-20-31)26-13-8-7-9-14-26)15-10-11-16-27(33)24-17-18-28(38(4,34)35)29(23-24)39(36,37)30(2)3/h7-9,13-14,17-18,23,25H,5-6,10-12,15-16,19-22H2,1-4H3. The van der Waals surface area contributed by atoms with Gasteiger partial charge in [0, 0.05) is 70.2 Å². The van der Waals surface area contributed by atoms with Crippen molar-refractivity contribution in [3.8, 4) is 0 Å². The second-order valence-corrected chi connectivity index (χ2v) is 14.6. The number of piperazine rings is 1. The molecule has 0 radical (unpaired) electrons. The van der Waals surface area contributed by atoms with Gasteiger partial charge in [0.25, 0.3) is 0 Å². The van der Waals surface area contributed by atoms with Gasteiger partial charge in [-0.2, -0.15) is 0 Å². The third-order valence-electron chi connectivity index (χ3n) is 7.46. The van der Waals surface area contributed by atoms with Crippen molar-refractivity contribution < 1.29 is 21.6 Å². The normalized spacial score (nSPS) is 16.0. The average Bonchev–Trinajstić information content (AvgIpc) is 2.92. The van der Waals surface area contributed by atoms with Crippen molar-refractivity contribution in [2.75, 3.05) is 51.4 Å². The van der Waals surface area contributed by atoms with E-state index in [1.807, 2.05) is 6.07 Å². The molecule has 0 bridgehead atoms. The van der Waals surface area contributed by atoms with E-state index in [1.54, 1.807) is 0 Å². The van der Waals surface area contributed by atoms with Crippen LogP contribution in [0, 0.1) is 0 Å². The Balaban J connectivity index is 1.59. The third-order valence-corrected chi connectivity index (χ3v) is 10.6. The number of nitrogens with zero attached hydrogens (tertiary/aromatic N) is 3. The first-order valence-corrected chi connectivity index (χ1v) is 17.1. The Kier molecular flexibility index (Phi) is 11.1. The SMILES string of the molecule is CCCCC(CCCCC(=O)c1ccc(S(C)(=O)=O)c(S(=O)(=O)N(C)C)c1)N1CCN(c2ccccc2)CC1. The van der Waals surface area contributed by atoms with Crippen LogP contribution in [0.3, 0.4) is 0 Å². The first-order valence-electron chi connectivity index (χ1n) is 13.8. The van der Waals surface area contributed by atoms with E-state index in [-0.39, 0.29) is 21.1 Å². The van der Waals surface area contributed by atoms with Gasteiger partial charge in [0.2, 0.25) is 10.0 Å². The molecule has 2 aromatic carbocycles. The van der Waals surface area contributed by atoms with Gasteiger partial charge in [0.1, 0.15) is 4.90 Å². The van der Waals surface area contributed by atoms with Crippen molar-refractivity contribution >= 4 is 31.3 Å². The first-order chi connectivity index (χ1) is 18.4. The minimum Gasteiger partial charge on any atom is -0.369 e. The maximum absolute atomic E-state index is 13.0. The van der Waals surface area contributed by atoms with E-state index in [0.717, 1.165) is 62.4 Å². The van der Waals surface area contributed by atoms with Crippen LogP contribution >= 0.6 is 0 Å². The number of para-hydroxylation sites is 1. The molecule has 1 saturated heterocycles. The van der Waals surface area contributed by atoms with Gasteiger partial charge in [-0.05, 0) is 43.5 Å². The number of hydrogen-bond donors (Lipinski definition) is 0. The number of sulfone groups is 1. The van der Waals surface area contributed by atoms with Crippen molar-refractivity contribution in [2.24, 2.45) is 0 Å². The minimum atomic E-state index is -4.03. The minimum absolute atomic E-state index is 0.174. The monoisotopic (exact) mass is 577 g/mol. The molecular formula is C29H43N3O5S2. The zero-order valence-corrected chi connectivity index (χ0v) is 25.3. The van der Waals surface area contributed by atoms with E-state index >= 15 is 0 Å². The maximum atomic E-state index is 13.0. The van der Waals surface area contributed by atoms with E-state index in [1.165, 1.54) is 44.4 Å². The number of benzene rings is 2. The van der Waals surface area contributed by atoms with Gasteiger partial charge in [-0.25, -0.2) is 21.1 Å². The summed E-state index contributed by atoms with van der Waals surface area (Å²) in [5.41, 5.74) is 1.49. The van der Waals surface area contributed by atoms with Crippen LogP contribution in [-0.2, 0) is 19.9 Å². The molecule has 0 aromatic heterocycles. The van der Waals surface area contributed by atoms with Gasteiger partial charge in [0.15, 0.2) is 15.6 Å². The van der Waals surface area contributed by atoms with E-state index < -0.39 is 19.9 Å². The summed E-state index contributed by atoms with van der Waals surface area (Å²) in [7, 11) is -5.14. The molecule has 8 nitrogen and oxygen atoms in total. The third kappa shape index (κ3) is 8.36. The molecule has 0 amide bonds. The zero-order chi connectivity index (χ0) is 28.6. The lowest BCUT2D eigenvalue weighted by atomic mass is 9.98. The number of ketones is 1. The highest BCUT2D eigenvalue weighted by Crippen LogP contribution is 2.26. The van der Waals surface area contributed by atoms with Gasteiger partial charge < -0.3 is 4.90 Å². The summed E-state index contributed by atoms with van der Waals surface area (Å²) in [5, 5.41) is 0. The lowest BCUT2D eigenvalue weighted by Crippen LogP contribution is -2.50. The van der Waals surface area contributed by atoms with Crippen LogP contribution in [0.1, 0.15) is 62.2 Å². The van der Waals surface area contributed by atoms with Crippen molar-refractivity contribution in [3.05, 3.63) is 54.1 Å². The van der Waals surface area contributed by atoms with Crippen molar-refractivity contribution in [3.63, 3.8) is 0 Å². The molecule has 10 heteroatoms. The number of hydrogen-bond acceptors (Lipinski definition) is 7. The molecule has 2 aromatic rings. The summed E-state index contributed by atoms with van der Waals surface area (Å²) >= 11 is 0. The van der Waals surface area contributed by atoms with Crippen molar-refractivity contribution in [2.45, 2.75) is 67.7 Å². The van der Waals surface area contributed by atoms with Crippen LogP contribution in [0.5, 0.6) is 0 Å². The molecule has 1 aliphatic rings. The molecular weight excluding hydrogens is 534 g/mol. The Morgan fingerprint density at radius 1 is 0.872 bits per heavy atom. The van der Waals surface area contributed by atoms with Crippen LogP contribution in [0.4, 0.5) is 5.69 Å². The fourth-order valence-corrected chi connectivity index (χ4v) is 7.63. The van der Waals surface area contributed by atoms with Crippen molar-refractivity contribution in [1.82, 2.24) is 9.21 Å². The number of anilines is 1. The molecule has 1 aliphatic heterocycles. The summed E-state index contributed by atoms with van der Waals surface area (Å²) in [4.78, 5) is 17.4. The smallest absolute Gasteiger partial charge is 0.243 e. The average molecular weight is 578 g/mol. The molecule has 0 spiro atoms. The Bertz CT molecular complexity index is 1300. The van der Waals surface area contributed by atoms with Crippen LogP contribution in [0.2, 0.25) is 0 Å². The van der Waals surface area contributed by atoms with Gasteiger partial charge in [-0.15, -0.1) is 0 Å². The van der Waals surface area contributed by atoms with E-state index in [2.05, 4.69) is 41.0 Å². The second kappa shape index (κ2) is 13.9. The molecule has 216 valence electrons. The highest BCUT2D eigenvalue weighted by atomic mass is 32.2. The van der Waals surface area contributed by atoms with Crippen LogP contribution in [0.25, 0.3) is 0 Å². The van der Waals surface area contributed by atoms with E-state index in [4.69, 9.17) is 0 Å². The second-order valence-electron chi connectivity index (χ2n) is 10.5. The predicted octanol–water partition coefficient (Wildman–Crippen LogP) is 4.46. The van der Waals surface area contributed by atoms with E-state index in [9.17, 15) is 21.6 Å². The summed E-state index contributed by atoms with van der Waals surface area (Å²) in [5.74, 6) is -0.174. The fraction of sp³-hybridized carbons (Fsp3) is 0.552. The number of Topliss-reactive ketones (excluding diaryl/α,β-unsaturated/α-hetero) is 1. The molecule has 1 fully saturated rings. The van der Waals surface area contributed by atoms with Crippen LogP contribution < -0.4 is 4.90 Å². The topological polar surface area (TPSA) is 95.1 Å². The Hall–Kier alpha value is -2.27. The maximum Gasteiger partial charge on any atom is 0.243 e. The number of unbranched alkanes of at least 4 members (excludes halogenated alkanes) is 2. The quantitative estimate of drug-likeness (QED) is 0.242. The summed E-state index contributed by atoms with van der Waals surface area (Å²) in [6, 6.07) is 14.9. The summed E-state index contributed by atoms with van der Waals surface area (Å²) in [6.45, 7) is 6.28. The van der Waals surface area contributed by atoms with E-state index in [0.29, 0.717) is 18.9 Å². The lowest BCUT2D eigenvalue weighted by Gasteiger charge is -2.40. The molecule has 0 aliphatic carbocycles. The largest absolute Gasteiger partial charge is 0.369 e. The van der Waals surface area contributed by atoms with Gasteiger partial charge >= 0.3 is 0 Å². The molecule has 1 heterocycles. The van der Waals surface area contributed by atoms with Crippen LogP contribution in [0.15, 0.2) is 58.3 Å². The van der Waals surface area contributed by atoms with Gasteiger partial charge in [-0.3, -0.25) is 9.69 Å². The molecule has 1 atom stereocenters. The Morgan fingerprint density at radius 3 is 2.10 bits per heavy atom. The summed E-state index contributed by atoms with van der Waals surface area (Å²) < 4.78 is 50.9. The fourth-order valence-electron chi connectivity index (χ4n) is 5.13. The highest BCUT2D eigenvalue weighted by Gasteiger charge is 2.28. The first kappa shape index (κ1) is 31.3. The van der Waals surface area contributed by atoms with Gasteiger partial charge in [-0.1, -0.05) is 50.5 Å². The number of carbonyl (C=O) groups is 1. The molecule has 39 heavy (non-hydrogen) atoms. The zero-order valence-electron chi connectivity index (χ0n) is 23.7. The number of rotatable bonds is 14. The molecule has 3 rings (SSSR count). The van der Waals surface area contributed by atoms with Crippen molar-refractivity contribution in [1.29, 1.82) is 0 Å². The Morgan fingerprint density at radius 2 is 1.51 bits per heavy atom. The van der Waals surface area contributed by atoms with Gasteiger partial charge in [0.05, 0.1) is 4.90 Å². The highest BCUT2D eigenvalue weighted by molar-refractivity contribution is 7.93. The number of sulfonamides is 1. The molecule has 0 saturated carbocycles. The molecule has 0 N–H and O–H groups in total.